The first kappa shape index (κ1) is 20.5. The van der Waals surface area contributed by atoms with Gasteiger partial charge in [-0.2, -0.15) is 5.10 Å². The number of hydrazone groups is 1. The Labute approximate surface area is 165 Å². The standard InChI is InChI=1S/C18H16Cl2N2O5/c1-10(21-22-18(25)13-8-12(19)4-5-14(13)20)11-3-6-15(16(7-11)26-2)27-9-17(23)24/h3-8H,9H2,1-2H3,(H,22,25)(H,23,24)/p-1/b21-10-. The highest BCUT2D eigenvalue weighted by molar-refractivity contribution is 6.35. The van der Waals surface area contributed by atoms with Crippen molar-refractivity contribution in [3.8, 4) is 11.5 Å². The molecule has 0 unspecified atom stereocenters. The largest absolute Gasteiger partial charge is 0.546 e. The number of hydrogen-bond acceptors (Lipinski definition) is 6. The highest BCUT2D eigenvalue weighted by atomic mass is 35.5. The Balaban J connectivity index is 2.16. The molecule has 0 aliphatic rings. The van der Waals surface area contributed by atoms with Gasteiger partial charge in [-0.1, -0.05) is 23.2 Å². The number of rotatable bonds is 7. The second kappa shape index (κ2) is 9.25. The molecule has 2 aromatic carbocycles. The minimum Gasteiger partial charge on any atom is -0.546 e. The Hall–Kier alpha value is -2.77. The number of carboxylic acid groups (broad SMARTS) is 1. The van der Waals surface area contributed by atoms with Crippen molar-refractivity contribution in [2.24, 2.45) is 5.10 Å². The van der Waals surface area contributed by atoms with Gasteiger partial charge in [0, 0.05) is 10.6 Å². The van der Waals surface area contributed by atoms with Crippen LogP contribution in [-0.2, 0) is 4.79 Å². The predicted octanol–water partition coefficient (Wildman–Crippen LogP) is 2.28. The summed E-state index contributed by atoms with van der Waals surface area (Å²) < 4.78 is 10.3. The van der Waals surface area contributed by atoms with Gasteiger partial charge in [0.1, 0.15) is 6.61 Å². The summed E-state index contributed by atoms with van der Waals surface area (Å²) in [6.45, 7) is 1.08. The van der Waals surface area contributed by atoms with Crippen LogP contribution in [0.2, 0.25) is 10.0 Å². The number of hydrogen-bond donors (Lipinski definition) is 1. The maximum absolute atomic E-state index is 12.2. The van der Waals surface area contributed by atoms with Crippen LogP contribution in [0.4, 0.5) is 0 Å². The van der Waals surface area contributed by atoms with Crippen LogP contribution in [0, 0.1) is 0 Å². The fourth-order valence-corrected chi connectivity index (χ4v) is 2.45. The summed E-state index contributed by atoms with van der Waals surface area (Å²) in [5.74, 6) is -1.30. The number of methoxy groups -OCH3 is 1. The van der Waals surface area contributed by atoms with Crippen LogP contribution in [0.1, 0.15) is 22.8 Å². The maximum Gasteiger partial charge on any atom is 0.272 e. The fraction of sp³-hybridized carbons (Fsp3) is 0.167. The van der Waals surface area contributed by atoms with E-state index in [4.69, 9.17) is 32.7 Å². The van der Waals surface area contributed by atoms with E-state index in [-0.39, 0.29) is 16.3 Å². The third-order valence-electron chi connectivity index (χ3n) is 3.43. The summed E-state index contributed by atoms with van der Waals surface area (Å²) in [6, 6.07) is 9.31. The predicted molar refractivity (Wildman–Crippen MR) is 99.6 cm³/mol. The molecule has 0 saturated heterocycles. The van der Waals surface area contributed by atoms with Gasteiger partial charge in [-0.05, 0) is 43.3 Å². The number of halogens is 2. The molecule has 0 atom stereocenters. The number of carbonyl (C=O) groups is 2. The zero-order valence-corrected chi connectivity index (χ0v) is 15.9. The summed E-state index contributed by atoms with van der Waals surface area (Å²) in [5, 5.41) is 15.2. The lowest BCUT2D eigenvalue weighted by molar-refractivity contribution is -0.307. The van der Waals surface area contributed by atoms with Gasteiger partial charge in [-0.15, -0.1) is 0 Å². The number of aliphatic carboxylic acids is 1. The molecule has 0 aromatic heterocycles. The average Bonchev–Trinajstić information content (AvgIpc) is 2.65. The molecule has 0 radical (unpaired) electrons. The van der Waals surface area contributed by atoms with Gasteiger partial charge < -0.3 is 19.4 Å². The highest BCUT2D eigenvalue weighted by Gasteiger charge is 2.12. The van der Waals surface area contributed by atoms with Crippen LogP contribution >= 0.6 is 23.2 Å². The molecule has 27 heavy (non-hydrogen) atoms. The van der Waals surface area contributed by atoms with E-state index in [9.17, 15) is 14.7 Å². The molecule has 9 heteroatoms. The van der Waals surface area contributed by atoms with Crippen LogP contribution < -0.4 is 20.0 Å². The quantitative estimate of drug-likeness (QED) is 0.558. The first-order valence-corrected chi connectivity index (χ1v) is 8.38. The Morgan fingerprint density at radius 3 is 2.56 bits per heavy atom. The van der Waals surface area contributed by atoms with Crippen LogP contribution in [0.5, 0.6) is 11.5 Å². The molecule has 0 spiro atoms. The fourth-order valence-electron chi connectivity index (χ4n) is 2.08. The molecule has 0 saturated carbocycles. The first-order valence-electron chi connectivity index (χ1n) is 7.62. The summed E-state index contributed by atoms with van der Waals surface area (Å²) in [6.07, 6.45) is 0. The SMILES string of the molecule is COc1cc(/C(C)=N\NC(=O)c2cc(Cl)ccc2Cl)ccc1OCC(=O)[O-]. The lowest BCUT2D eigenvalue weighted by Gasteiger charge is -2.12. The highest BCUT2D eigenvalue weighted by Crippen LogP contribution is 2.28. The first-order chi connectivity index (χ1) is 12.8. The summed E-state index contributed by atoms with van der Waals surface area (Å²) in [4.78, 5) is 22.7. The van der Waals surface area contributed by atoms with Gasteiger partial charge in [0.25, 0.3) is 5.91 Å². The Morgan fingerprint density at radius 1 is 1.15 bits per heavy atom. The van der Waals surface area contributed by atoms with Crippen molar-refractivity contribution in [2.45, 2.75) is 6.92 Å². The van der Waals surface area contributed by atoms with Gasteiger partial charge >= 0.3 is 0 Å². The van der Waals surface area contributed by atoms with Crippen LogP contribution in [-0.4, -0.2) is 31.3 Å². The second-order valence-electron chi connectivity index (χ2n) is 5.29. The molecule has 1 N–H and O–H groups in total. The number of carbonyl (C=O) groups excluding carboxylic acids is 2. The topological polar surface area (TPSA) is 100 Å². The third kappa shape index (κ3) is 5.60. The molecular formula is C18H15Cl2N2O5-. The molecule has 0 heterocycles. The second-order valence-corrected chi connectivity index (χ2v) is 6.13. The smallest absolute Gasteiger partial charge is 0.272 e. The van der Waals surface area contributed by atoms with Crippen LogP contribution in [0.15, 0.2) is 41.5 Å². The van der Waals surface area contributed by atoms with E-state index in [2.05, 4.69) is 10.5 Å². The molecule has 142 valence electrons. The molecule has 0 bridgehead atoms. The van der Waals surface area contributed by atoms with Crippen molar-refractivity contribution >= 4 is 40.8 Å². The normalized spacial score (nSPS) is 11.0. The minimum atomic E-state index is -1.35. The molecule has 2 aromatic rings. The van der Waals surface area contributed by atoms with E-state index >= 15 is 0 Å². The van der Waals surface area contributed by atoms with Crippen molar-refractivity contribution in [1.82, 2.24) is 5.43 Å². The molecule has 0 fully saturated rings. The molecule has 2 rings (SSSR count). The van der Waals surface area contributed by atoms with Crippen molar-refractivity contribution in [1.29, 1.82) is 0 Å². The Bertz CT molecular complexity index is 899. The van der Waals surface area contributed by atoms with Gasteiger partial charge in [-0.25, -0.2) is 5.43 Å². The van der Waals surface area contributed by atoms with Crippen molar-refractivity contribution in [3.05, 3.63) is 57.6 Å². The van der Waals surface area contributed by atoms with E-state index in [1.165, 1.54) is 25.3 Å². The van der Waals surface area contributed by atoms with E-state index in [1.807, 2.05) is 0 Å². The zero-order chi connectivity index (χ0) is 20.0. The number of nitrogens with zero attached hydrogens (tertiary/aromatic N) is 1. The van der Waals surface area contributed by atoms with Gasteiger partial charge in [0.2, 0.25) is 0 Å². The molecule has 1 amide bonds. The minimum absolute atomic E-state index is 0.198. The van der Waals surface area contributed by atoms with Crippen molar-refractivity contribution in [3.63, 3.8) is 0 Å². The number of amides is 1. The molecule has 7 nitrogen and oxygen atoms in total. The number of carboxylic acids is 1. The van der Waals surface area contributed by atoms with Gasteiger partial charge in [-0.3, -0.25) is 4.79 Å². The lowest BCUT2D eigenvalue weighted by Crippen LogP contribution is -2.29. The van der Waals surface area contributed by atoms with Crippen LogP contribution in [0.25, 0.3) is 0 Å². The average molecular weight is 410 g/mol. The molecule has 0 aliphatic heterocycles. The number of benzene rings is 2. The summed E-state index contributed by atoms with van der Waals surface area (Å²) >= 11 is 11.9. The number of nitrogens with one attached hydrogen (secondary N) is 1. The van der Waals surface area contributed by atoms with E-state index in [1.54, 1.807) is 25.1 Å². The van der Waals surface area contributed by atoms with E-state index in [0.29, 0.717) is 22.0 Å². The van der Waals surface area contributed by atoms with E-state index < -0.39 is 18.5 Å². The maximum atomic E-state index is 12.2. The van der Waals surface area contributed by atoms with E-state index in [0.717, 1.165) is 0 Å². The molecular weight excluding hydrogens is 395 g/mol. The summed E-state index contributed by atoms with van der Waals surface area (Å²) in [5.41, 5.74) is 3.71. The Morgan fingerprint density at radius 2 is 1.89 bits per heavy atom. The van der Waals surface area contributed by atoms with Crippen molar-refractivity contribution < 1.29 is 24.2 Å². The van der Waals surface area contributed by atoms with Crippen molar-refractivity contribution in [2.75, 3.05) is 13.7 Å². The third-order valence-corrected chi connectivity index (χ3v) is 3.99. The zero-order valence-electron chi connectivity index (χ0n) is 14.4. The lowest BCUT2D eigenvalue weighted by atomic mass is 10.1. The van der Waals surface area contributed by atoms with Gasteiger partial charge in [0.15, 0.2) is 11.5 Å². The number of ether oxygens (including phenoxy) is 2. The van der Waals surface area contributed by atoms with Gasteiger partial charge in [0.05, 0.1) is 29.4 Å². The summed E-state index contributed by atoms with van der Waals surface area (Å²) in [7, 11) is 1.42. The van der Waals surface area contributed by atoms with Crippen LogP contribution in [0.3, 0.4) is 0 Å². The molecule has 0 aliphatic carbocycles. The monoisotopic (exact) mass is 409 g/mol. The Kier molecular flexibility index (Phi) is 7.04.